The van der Waals surface area contributed by atoms with Crippen LogP contribution in [0.15, 0.2) is 38.5 Å². The van der Waals surface area contributed by atoms with Gasteiger partial charge in [-0.2, -0.15) is 0 Å². The number of nitrogens with zero attached hydrogens (tertiary/aromatic N) is 3. The van der Waals surface area contributed by atoms with Crippen LogP contribution in [0.2, 0.25) is 0 Å². The van der Waals surface area contributed by atoms with E-state index in [1.54, 1.807) is 6.92 Å². The van der Waals surface area contributed by atoms with Crippen molar-refractivity contribution in [3.05, 3.63) is 34.1 Å². The quantitative estimate of drug-likeness (QED) is 0.578. The van der Waals surface area contributed by atoms with Gasteiger partial charge in [-0.1, -0.05) is 51.2 Å². The van der Waals surface area contributed by atoms with Crippen molar-refractivity contribution in [1.29, 1.82) is 0 Å². The van der Waals surface area contributed by atoms with Gasteiger partial charge in [0.15, 0.2) is 9.47 Å². The second-order valence-electron chi connectivity index (χ2n) is 4.70. The average molecular weight is 442 g/mol. The molecule has 0 aliphatic carbocycles. The number of nitrogens with one attached hydrogen (secondary N) is 1. The van der Waals surface area contributed by atoms with Crippen LogP contribution in [0.3, 0.4) is 0 Å². The Morgan fingerprint density at radius 3 is 2.75 bits per heavy atom. The van der Waals surface area contributed by atoms with Gasteiger partial charge < -0.3 is 11.1 Å². The van der Waals surface area contributed by atoms with Crippen molar-refractivity contribution in [2.24, 2.45) is 0 Å². The van der Waals surface area contributed by atoms with Crippen molar-refractivity contribution in [3.63, 3.8) is 0 Å². The normalized spacial score (nSPS) is 12.1. The third-order valence-corrected chi connectivity index (χ3v) is 6.17. The van der Waals surface area contributed by atoms with E-state index in [0.29, 0.717) is 14.6 Å². The molecule has 10 heteroatoms. The fraction of sp³-hybridized carbons (Fsp3) is 0.143. The van der Waals surface area contributed by atoms with Gasteiger partial charge in [0.25, 0.3) is 0 Å². The highest BCUT2D eigenvalue weighted by Crippen LogP contribution is 2.29. The maximum atomic E-state index is 12.3. The smallest absolute Gasteiger partial charge is 0.239 e. The van der Waals surface area contributed by atoms with Crippen LogP contribution in [-0.4, -0.2) is 26.3 Å². The summed E-state index contributed by atoms with van der Waals surface area (Å²) in [7, 11) is 0. The van der Waals surface area contributed by atoms with Gasteiger partial charge in [-0.25, -0.2) is 4.98 Å². The van der Waals surface area contributed by atoms with E-state index >= 15 is 0 Å². The number of anilines is 2. The maximum absolute atomic E-state index is 12.3. The van der Waals surface area contributed by atoms with Crippen LogP contribution in [0.25, 0.3) is 11.3 Å². The summed E-state index contributed by atoms with van der Waals surface area (Å²) in [6.45, 7) is 1.81. The van der Waals surface area contributed by atoms with Gasteiger partial charge in [-0.3, -0.25) is 4.79 Å². The summed E-state index contributed by atoms with van der Waals surface area (Å²) in [6.07, 6.45) is 0. The molecule has 6 nitrogen and oxygen atoms in total. The minimum absolute atomic E-state index is 0.134. The monoisotopic (exact) mass is 441 g/mol. The molecule has 2 aromatic heterocycles. The number of rotatable bonds is 5. The lowest BCUT2D eigenvalue weighted by molar-refractivity contribution is -0.115. The Morgan fingerprint density at radius 2 is 2.08 bits per heavy atom. The van der Waals surface area contributed by atoms with E-state index in [0.717, 1.165) is 15.7 Å². The topological polar surface area (TPSA) is 93.8 Å². The number of nitrogens with two attached hydrogens (primary N) is 1. The number of halogens is 1. The summed E-state index contributed by atoms with van der Waals surface area (Å²) >= 11 is 7.39. The molecule has 3 aromatic rings. The van der Waals surface area contributed by atoms with Gasteiger partial charge >= 0.3 is 0 Å². The summed E-state index contributed by atoms with van der Waals surface area (Å²) in [5.74, 6) is -0.134. The lowest BCUT2D eigenvalue weighted by Crippen LogP contribution is -2.22. The molecular weight excluding hydrogens is 430 g/mol. The van der Waals surface area contributed by atoms with E-state index in [4.69, 9.17) is 5.73 Å². The number of aromatic nitrogens is 3. The summed E-state index contributed by atoms with van der Waals surface area (Å²) in [4.78, 5) is 16.7. The minimum atomic E-state index is -0.322. The van der Waals surface area contributed by atoms with Crippen LogP contribution in [0.5, 0.6) is 0 Å². The van der Waals surface area contributed by atoms with Crippen molar-refractivity contribution in [2.75, 3.05) is 11.1 Å². The minimum Gasteiger partial charge on any atom is -0.374 e. The lowest BCUT2D eigenvalue weighted by Gasteiger charge is -2.07. The Kier molecular flexibility index (Phi) is 5.49. The number of thioether (sulfide) groups is 1. The van der Waals surface area contributed by atoms with E-state index in [9.17, 15) is 4.79 Å². The summed E-state index contributed by atoms with van der Waals surface area (Å²) < 4.78 is 1.68. The third kappa shape index (κ3) is 4.32. The van der Waals surface area contributed by atoms with Gasteiger partial charge in [0.1, 0.15) is 0 Å². The van der Waals surface area contributed by atoms with Crippen molar-refractivity contribution < 1.29 is 4.79 Å². The van der Waals surface area contributed by atoms with Crippen LogP contribution in [0.1, 0.15) is 6.92 Å². The molecule has 0 spiro atoms. The summed E-state index contributed by atoms with van der Waals surface area (Å²) in [6, 6.07) is 7.87. The highest BCUT2D eigenvalue weighted by Gasteiger charge is 2.18. The Bertz CT molecular complexity index is 848. The number of hydrogen-bond donors (Lipinski definition) is 2. The third-order valence-electron chi connectivity index (χ3n) is 2.94. The van der Waals surface area contributed by atoms with E-state index in [-0.39, 0.29) is 11.2 Å². The van der Waals surface area contributed by atoms with E-state index in [1.807, 2.05) is 29.6 Å². The molecule has 1 amide bonds. The zero-order valence-corrected chi connectivity index (χ0v) is 16.4. The zero-order valence-electron chi connectivity index (χ0n) is 12.4. The molecule has 0 aliphatic rings. The Morgan fingerprint density at radius 1 is 1.33 bits per heavy atom. The van der Waals surface area contributed by atoms with Gasteiger partial charge in [0.2, 0.25) is 11.0 Å². The number of carbonyl (C=O) groups excluding carboxylic acids is 1. The molecule has 0 saturated carbocycles. The number of thiazole rings is 1. The first-order valence-corrected chi connectivity index (χ1v) is 10.2. The summed E-state index contributed by atoms with van der Waals surface area (Å²) in [5, 5.41) is 13.0. The van der Waals surface area contributed by atoms with Gasteiger partial charge in [-0.15, -0.1) is 21.5 Å². The lowest BCUT2D eigenvalue weighted by atomic mass is 10.2. The second kappa shape index (κ2) is 7.60. The first-order chi connectivity index (χ1) is 11.5. The number of carbonyl (C=O) groups is 1. The first kappa shape index (κ1) is 17.3. The van der Waals surface area contributed by atoms with E-state index in [2.05, 4.69) is 36.4 Å². The van der Waals surface area contributed by atoms with Crippen LogP contribution in [0, 0.1) is 0 Å². The van der Waals surface area contributed by atoms with Crippen LogP contribution in [0.4, 0.5) is 10.3 Å². The SMILES string of the molecule is CC(Sc1nnc(N)s1)C(=O)Nc1nc(-c2ccc(Br)cc2)cs1. The standard InChI is InChI=1S/C14H12BrN5OS3/c1-7(23-14-20-19-12(16)24-14)11(21)18-13-17-10(6-22-13)8-2-4-9(15)5-3-8/h2-7H,1H3,(H2,16,19)(H,17,18,21). The van der Waals surface area contributed by atoms with E-state index < -0.39 is 0 Å². The molecule has 0 bridgehead atoms. The predicted molar refractivity (Wildman–Crippen MR) is 104 cm³/mol. The number of benzene rings is 1. The molecule has 0 aliphatic heterocycles. The van der Waals surface area contributed by atoms with Crippen LogP contribution in [-0.2, 0) is 4.79 Å². The fourth-order valence-corrected chi connectivity index (χ4v) is 4.53. The molecule has 1 atom stereocenters. The Hall–Kier alpha value is -1.49. The number of amides is 1. The molecule has 3 N–H and O–H groups in total. The molecule has 1 unspecified atom stereocenters. The zero-order chi connectivity index (χ0) is 17.1. The van der Waals surface area contributed by atoms with Crippen molar-refractivity contribution in [1.82, 2.24) is 15.2 Å². The van der Waals surface area contributed by atoms with Crippen molar-refractivity contribution in [3.8, 4) is 11.3 Å². The van der Waals surface area contributed by atoms with Crippen LogP contribution >= 0.6 is 50.4 Å². The molecule has 2 heterocycles. The molecule has 0 radical (unpaired) electrons. The highest BCUT2D eigenvalue weighted by molar-refractivity contribution is 9.10. The number of nitrogen functional groups attached to an aromatic ring is 1. The first-order valence-electron chi connectivity index (χ1n) is 6.79. The van der Waals surface area contributed by atoms with Crippen molar-refractivity contribution in [2.45, 2.75) is 16.5 Å². The van der Waals surface area contributed by atoms with Crippen molar-refractivity contribution >= 4 is 66.5 Å². The molecule has 0 saturated heterocycles. The molecule has 0 fully saturated rings. The Balaban J connectivity index is 1.63. The van der Waals surface area contributed by atoms with Gasteiger partial charge in [0.05, 0.1) is 10.9 Å². The largest absolute Gasteiger partial charge is 0.374 e. The fourth-order valence-electron chi connectivity index (χ4n) is 1.76. The van der Waals surface area contributed by atoms with Gasteiger partial charge in [-0.05, 0) is 19.1 Å². The predicted octanol–water partition coefficient (Wildman–Crippen LogP) is 4.13. The molecule has 1 aromatic carbocycles. The average Bonchev–Trinajstić information content (AvgIpc) is 3.17. The maximum Gasteiger partial charge on any atom is 0.239 e. The van der Waals surface area contributed by atoms with Gasteiger partial charge in [0, 0.05) is 15.4 Å². The van der Waals surface area contributed by atoms with Crippen LogP contribution < -0.4 is 11.1 Å². The van der Waals surface area contributed by atoms with E-state index in [1.165, 1.54) is 34.4 Å². The highest BCUT2D eigenvalue weighted by atomic mass is 79.9. The number of hydrogen-bond acceptors (Lipinski definition) is 8. The molecular formula is C14H12BrN5OS3. The molecule has 124 valence electrons. The second-order valence-corrected chi connectivity index (χ2v) is 9.07. The Labute approximate surface area is 159 Å². The molecule has 3 rings (SSSR count). The summed E-state index contributed by atoms with van der Waals surface area (Å²) in [5.41, 5.74) is 7.38. The molecule has 24 heavy (non-hydrogen) atoms.